The zero-order chi connectivity index (χ0) is 14.5. The van der Waals surface area contributed by atoms with Gasteiger partial charge in [-0.05, 0) is 50.6 Å². The van der Waals surface area contributed by atoms with E-state index in [9.17, 15) is 0 Å². The molecule has 0 aromatic carbocycles. The molecule has 0 spiro atoms. The van der Waals surface area contributed by atoms with E-state index in [-0.39, 0.29) is 0 Å². The molecule has 1 aliphatic carbocycles. The minimum absolute atomic E-state index is 0.618. The quantitative estimate of drug-likeness (QED) is 0.863. The summed E-state index contributed by atoms with van der Waals surface area (Å²) < 4.78 is 2.06. The molecule has 20 heavy (non-hydrogen) atoms. The van der Waals surface area contributed by atoms with Gasteiger partial charge in [-0.2, -0.15) is 5.10 Å². The van der Waals surface area contributed by atoms with Gasteiger partial charge in [0.15, 0.2) is 0 Å². The lowest BCUT2D eigenvalue weighted by atomic mass is 9.77. The highest BCUT2D eigenvalue weighted by Crippen LogP contribution is 2.32. The van der Waals surface area contributed by atoms with Gasteiger partial charge in [-0.3, -0.25) is 4.68 Å². The number of rotatable bonds is 6. The van der Waals surface area contributed by atoms with Crippen LogP contribution in [0.25, 0.3) is 0 Å². The molecule has 1 heterocycles. The van der Waals surface area contributed by atoms with Crippen LogP contribution in [0, 0.1) is 18.8 Å². The van der Waals surface area contributed by atoms with Gasteiger partial charge in [0.05, 0.1) is 5.69 Å². The van der Waals surface area contributed by atoms with Crippen LogP contribution in [0.5, 0.6) is 0 Å². The van der Waals surface area contributed by atoms with Gasteiger partial charge >= 0.3 is 0 Å². The molecule has 0 saturated heterocycles. The maximum absolute atomic E-state index is 4.49. The zero-order valence-corrected chi connectivity index (χ0v) is 13.7. The minimum Gasteiger partial charge on any atom is -0.313 e. The first-order valence-electron chi connectivity index (χ1n) is 8.33. The van der Waals surface area contributed by atoms with Crippen molar-refractivity contribution in [2.24, 2.45) is 18.9 Å². The van der Waals surface area contributed by atoms with Crippen LogP contribution < -0.4 is 5.32 Å². The molecule has 0 aliphatic heterocycles. The summed E-state index contributed by atoms with van der Waals surface area (Å²) >= 11 is 0. The molecule has 3 nitrogen and oxygen atoms in total. The summed E-state index contributed by atoms with van der Waals surface area (Å²) in [6.07, 6.45) is 7.93. The molecule has 1 N–H and O–H groups in total. The highest BCUT2D eigenvalue weighted by molar-refractivity contribution is 5.10. The number of hydrogen-bond donors (Lipinski definition) is 1. The largest absolute Gasteiger partial charge is 0.313 e. The van der Waals surface area contributed by atoms with Gasteiger partial charge in [0, 0.05) is 25.2 Å². The topological polar surface area (TPSA) is 29.9 Å². The van der Waals surface area contributed by atoms with Crippen LogP contribution in [0.15, 0.2) is 6.07 Å². The molecule has 3 atom stereocenters. The number of hydrogen-bond acceptors (Lipinski definition) is 2. The van der Waals surface area contributed by atoms with Crippen molar-refractivity contribution >= 4 is 0 Å². The second-order valence-corrected chi connectivity index (χ2v) is 6.70. The van der Waals surface area contributed by atoms with E-state index in [1.807, 2.05) is 0 Å². The lowest BCUT2D eigenvalue weighted by Gasteiger charge is -2.34. The van der Waals surface area contributed by atoms with Crippen LogP contribution in [0.1, 0.15) is 57.3 Å². The predicted octanol–water partition coefficient (Wildman–Crippen LogP) is 3.47. The summed E-state index contributed by atoms with van der Waals surface area (Å²) in [6.45, 7) is 7.88. The zero-order valence-electron chi connectivity index (χ0n) is 13.7. The fraction of sp³-hybridized carbons (Fsp3) is 0.824. The Hall–Kier alpha value is -0.830. The summed E-state index contributed by atoms with van der Waals surface area (Å²) in [6, 6.07) is 2.86. The van der Waals surface area contributed by atoms with Crippen molar-refractivity contribution in [3.05, 3.63) is 17.5 Å². The maximum Gasteiger partial charge on any atom is 0.0596 e. The standard InChI is InChI=1S/C17H31N3/c1-5-9-18-17(15-8-6-7-13(2)10-15)12-16-11-14(3)19-20(16)4/h11,13,15,17-18H,5-10,12H2,1-4H3. The molecule has 3 unspecified atom stereocenters. The van der Waals surface area contributed by atoms with Crippen molar-refractivity contribution < 1.29 is 0 Å². The lowest BCUT2D eigenvalue weighted by Crippen LogP contribution is -2.40. The van der Waals surface area contributed by atoms with Gasteiger partial charge in [0.1, 0.15) is 0 Å². The van der Waals surface area contributed by atoms with Gasteiger partial charge in [0.25, 0.3) is 0 Å². The van der Waals surface area contributed by atoms with Gasteiger partial charge < -0.3 is 5.32 Å². The van der Waals surface area contributed by atoms with E-state index in [0.29, 0.717) is 6.04 Å². The van der Waals surface area contributed by atoms with Gasteiger partial charge in [-0.25, -0.2) is 0 Å². The Kier molecular flexibility index (Phi) is 5.64. The van der Waals surface area contributed by atoms with E-state index in [1.165, 1.54) is 37.8 Å². The normalized spacial score (nSPS) is 24.8. The SMILES string of the molecule is CCCNC(Cc1cc(C)nn1C)C1CCCC(C)C1. The third kappa shape index (κ3) is 4.08. The molecule has 0 bridgehead atoms. The predicted molar refractivity (Wildman–Crippen MR) is 84.9 cm³/mol. The Balaban J connectivity index is 2.04. The lowest BCUT2D eigenvalue weighted by molar-refractivity contribution is 0.219. The molecule has 2 rings (SSSR count). The summed E-state index contributed by atoms with van der Waals surface area (Å²) in [4.78, 5) is 0. The summed E-state index contributed by atoms with van der Waals surface area (Å²) in [5.74, 6) is 1.73. The molecule has 1 saturated carbocycles. The Labute approximate surface area is 124 Å². The van der Waals surface area contributed by atoms with Crippen molar-refractivity contribution in [3.8, 4) is 0 Å². The Morgan fingerprint density at radius 3 is 2.85 bits per heavy atom. The van der Waals surface area contributed by atoms with Crippen molar-refractivity contribution in [1.29, 1.82) is 0 Å². The van der Waals surface area contributed by atoms with Crippen LogP contribution in [0.3, 0.4) is 0 Å². The molecule has 1 aromatic rings. The van der Waals surface area contributed by atoms with Crippen molar-refractivity contribution in [2.75, 3.05) is 6.54 Å². The Morgan fingerprint density at radius 2 is 2.25 bits per heavy atom. The van der Waals surface area contributed by atoms with Crippen LogP contribution in [-0.2, 0) is 13.5 Å². The first-order valence-corrected chi connectivity index (χ1v) is 8.33. The third-order valence-electron chi connectivity index (χ3n) is 4.73. The van der Waals surface area contributed by atoms with Gasteiger partial charge in [0.2, 0.25) is 0 Å². The second kappa shape index (κ2) is 7.26. The number of nitrogens with zero attached hydrogens (tertiary/aromatic N) is 2. The molecule has 1 aromatic heterocycles. The Bertz CT molecular complexity index is 410. The molecular formula is C17H31N3. The van der Waals surface area contributed by atoms with Crippen LogP contribution in [-0.4, -0.2) is 22.4 Å². The number of aromatic nitrogens is 2. The van der Waals surface area contributed by atoms with Crippen molar-refractivity contribution in [1.82, 2.24) is 15.1 Å². The molecular weight excluding hydrogens is 246 g/mol. The van der Waals surface area contributed by atoms with Crippen molar-refractivity contribution in [3.63, 3.8) is 0 Å². The second-order valence-electron chi connectivity index (χ2n) is 6.70. The average Bonchev–Trinajstić information content (AvgIpc) is 2.72. The number of aryl methyl sites for hydroxylation is 2. The van der Waals surface area contributed by atoms with E-state index in [0.717, 1.165) is 30.5 Å². The molecule has 0 radical (unpaired) electrons. The van der Waals surface area contributed by atoms with Crippen molar-refractivity contribution in [2.45, 2.75) is 65.3 Å². The fourth-order valence-corrected chi connectivity index (χ4v) is 3.66. The van der Waals surface area contributed by atoms with Gasteiger partial charge in [-0.15, -0.1) is 0 Å². The maximum atomic E-state index is 4.49. The Morgan fingerprint density at radius 1 is 1.45 bits per heavy atom. The fourth-order valence-electron chi connectivity index (χ4n) is 3.66. The van der Waals surface area contributed by atoms with E-state index in [1.54, 1.807) is 0 Å². The molecule has 0 amide bonds. The van der Waals surface area contributed by atoms with E-state index in [2.05, 4.69) is 49.0 Å². The summed E-state index contributed by atoms with van der Waals surface area (Å²) in [5.41, 5.74) is 2.50. The van der Waals surface area contributed by atoms with Crippen LogP contribution in [0.4, 0.5) is 0 Å². The van der Waals surface area contributed by atoms with Crippen LogP contribution in [0.2, 0.25) is 0 Å². The minimum atomic E-state index is 0.618. The molecule has 1 aliphatic rings. The van der Waals surface area contributed by atoms with Crippen LogP contribution >= 0.6 is 0 Å². The first kappa shape index (κ1) is 15.6. The third-order valence-corrected chi connectivity index (χ3v) is 4.73. The summed E-state index contributed by atoms with van der Waals surface area (Å²) in [5, 5.41) is 8.30. The molecule has 114 valence electrons. The van der Waals surface area contributed by atoms with E-state index >= 15 is 0 Å². The average molecular weight is 277 g/mol. The first-order chi connectivity index (χ1) is 9.60. The monoisotopic (exact) mass is 277 g/mol. The molecule has 1 fully saturated rings. The van der Waals surface area contributed by atoms with E-state index in [4.69, 9.17) is 0 Å². The highest BCUT2D eigenvalue weighted by Gasteiger charge is 2.27. The summed E-state index contributed by atoms with van der Waals surface area (Å²) in [7, 11) is 2.07. The van der Waals surface area contributed by atoms with E-state index < -0.39 is 0 Å². The number of nitrogens with one attached hydrogen (secondary N) is 1. The molecule has 3 heteroatoms. The smallest absolute Gasteiger partial charge is 0.0596 e. The highest BCUT2D eigenvalue weighted by atomic mass is 15.3. The van der Waals surface area contributed by atoms with Gasteiger partial charge in [-0.1, -0.05) is 26.7 Å².